The largest absolute Gasteiger partial charge is 0.353 e. The summed E-state index contributed by atoms with van der Waals surface area (Å²) in [5.41, 5.74) is 3.55. The van der Waals surface area contributed by atoms with Gasteiger partial charge in [-0.2, -0.15) is 9.78 Å². The van der Waals surface area contributed by atoms with Gasteiger partial charge in [0.25, 0.3) is 0 Å². The van der Waals surface area contributed by atoms with Crippen molar-refractivity contribution in [1.29, 1.82) is 0 Å². The summed E-state index contributed by atoms with van der Waals surface area (Å²) in [7, 11) is 0. The van der Waals surface area contributed by atoms with Crippen LogP contribution in [0.25, 0.3) is 16.9 Å². The summed E-state index contributed by atoms with van der Waals surface area (Å²) in [5, 5.41) is 5.48. The Morgan fingerprint density at radius 2 is 1.72 bits per heavy atom. The second-order valence-corrected chi connectivity index (χ2v) is 7.37. The van der Waals surface area contributed by atoms with Crippen LogP contribution in [0.3, 0.4) is 0 Å². The minimum atomic E-state index is 0.759. The fourth-order valence-electron chi connectivity index (χ4n) is 3.88. The van der Waals surface area contributed by atoms with E-state index >= 15 is 0 Å². The van der Waals surface area contributed by atoms with Crippen molar-refractivity contribution in [3.63, 3.8) is 0 Å². The second-order valence-electron chi connectivity index (χ2n) is 7.37. The third kappa shape index (κ3) is 3.45. The minimum absolute atomic E-state index is 0.759. The van der Waals surface area contributed by atoms with E-state index in [9.17, 15) is 0 Å². The van der Waals surface area contributed by atoms with Crippen LogP contribution < -0.4 is 4.90 Å². The summed E-state index contributed by atoms with van der Waals surface area (Å²) in [4.78, 5) is 18.3. The van der Waals surface area contributed by atoms with E-state index in [2.05, 4.69) is 61.0 Å². The minimum Gasteiger partial charge on any atom is -0.353 e. The molecule has 3 aromatic heterocycles. The summed E-state index contributed by atoms with van der Waals surface area (Å²) < 4.78 is 1.77. The van der Waals surface area contributed by atoms with Crippen LogP contribution in [-0.2, 0) is 6.54 Å². The lowest BCUT2D eigenvalue weighted by Gasteiger charge is -2.35. The molecule has 0 radical (unpaired) electrons. The van der Waals surface area contributed by atoms with Crippen LogP contribution in [0.1, 0.15) is 11.1 Å². The molecule has 0 N–H and O–H groups in total. The van der Waals surface area contributed by atoms with Crippen molar-refractivity contribution in [2.45, 2.75) is 13.5 Å². The smallest absolute Gasteiger partial charge is 0.170 e. The van der Waals surface area contributed by atoms with Crippen molar-refractivity contribution in [3.8, 4) is 5.82 Å². The highest BCUT2D eigenvalue weighted by Crippen LogP contribution is 2.25. The zero-order valence-corrected chi connectivity index (χ0v) is 16.4. The van der Waals surface area contributed by atoms with Gasteiger partial charge < -0.3 is 4.90 Å². The molecule has 0 spiro atoms. The Labute approximate surface area is 169 Å². The number of nitrogens with zero attached hydrogens (tertiary/aromatic N) is 7. The normalized spacial score (nSPS) is 15.1. The molecule has 0 bridgehead atoms. The Hall–Kier alpha value is -3.32. The fraction of sp³-hybridized carbons (Fsp3) is 0.273. The van der Waals surface area contributed by atoms with Gasteiger partial charge in [-0.1, -0.05) is 30.3 Å². The van der Waals surface area contributed by atoms with Crippen molar-refractivity contribution in [2.24, 2.45) is 0 Å². The SMILES string of the molecule is Cc1ccccc1CN1CCN(c2ncnc3c2cnn3-c2ccccn2)CC1. The van der Waals surface area contributed by atoms with Crippen LogP contribution in [-0.4, -0.2) is 55.8 Å². The highest BCUT2D eigenvalue weighted by atomic mass is 15.3. The number of anilines is 1. The molecule has 0 amide bonds. The van der Waals surface area contributed by atoms with Crippen LogP contribution in [0.15, 0.2) is 61.2 Å². The van der Waals surface area contributed by atoms with Crippen LogP contribution in [0, 0.1) is 6.92 Å². The summed E-state index contributed by atoms with van der Waals surface area (Å²) in [6.45, 7) is 7.07. The van der Waals surface area contributed by atoms with Gasteiger partial charge in [-0.25, -0.2) is 15.0 Å². The Morgan fingerprint density at radius 1 is 0.897 bits per heavy atom. The van der Waals surface area contributed by atoms with E-state index in [1.165, 1.54) is 11.1 Å². The number of aryl methyl sites for hydroxylation is 1. The van der Waals surface area contributed by atoms with Gasteiger partial charge in [0.2, 0.25) is 0 Å². The zero-order valence-electron chi connectivity index (χ0n) is 16.4. The molecule has 29 heavy (non-hydrogen) atoms. The summed E-state index contributed by atoms with van der Waals surface area (Å²) in [5.74, 6) is 1.71. The predicted molar refractivity (Wildman–Crippen MR) is 113 cm³/mol. The third-order valence-electron chi connectivity index (χ3n) is 5.54. The lowest BCUT2D eigenvalue weighted by atomic mass is 10.1. The summed E-state index contributed by atoms with van der Waals surface area (Å²) >= 11 is 0. The van der Waals surface area contributed by atoms with E-state index in [1.54, 1.807) is 17.2 Å². The van der Waals surface area contributed by atoms with E-state index in [-0.39, 0.29) is 0 Å². The van der Waals surface area contributed by atoms with E-state index < -0.39 is 0 Å². The Morgan fingerprint density at radius 3 is 2.52 bits per heavy atom. The average molecular weight is 385 g/mol. The quantitative estimate of drug-likeness (QED) is 0.538. The molecule has 0 unspecified atom stereocenters. The lowest BCUT2D eigenvalue weighted by Crippen LogP contribution is -2.46. The molecule has 4 aromatic rings. The maximum atomic E-state index is 4.58. The first-order valence-electron chi connectivity index (χ1n) is 9.91. The van der Waals surface area contributed by atoms with Gasteiger partial charge in [-0.05, 0) is 30.2 Å². The van der Waals surface area contributed by atoms with E-state index in [1.807, 2.05) is 24.4 Å². The van der Waals surface area contributed by atoms with Crippen LogP contribution in [0.5, 0.6) is 0 Å². The molecule has 0 aliphatic carbocycles. The van der Waals surface area contributed by atoms with Crippen LogP contribution in [0.4, 0.5) is 5.82 Å². The van der Waals surface area contributed by atoms with E-state index in [4.69, 9.17) is 0 Å². The number of fused-ring (bicyclic) bond motifs is 1. The first-order chi connectivity index (χ1) is 14.3. The number of hydrogen-bond acceptors (Lipinski definition) is 6. The molecule has 1 aliphatic rings. The maximum absolute atomic E-state index is 4.58. The molecule has 7 heteroatoms. The monoisotopic (exact) mass is 385 g/mol. The molecule has 1 saturated heterocycles. The van der Waals surface area contributed by atoms with E-state index in [0.29, 0.717) is 0 Å². The Kier molecular flexibility index (Phi) is 4.65. The molecule has 1 fully saturated rings. The molecule has 4 heterocycles. The van der Waals surface area contributed by atoms with E-state index in [0.717, 1.165) is 55.4 Å². The number of pyridine rings is 1. The predicted octanol–water partition coefficient (Wildman–Crippen LogP) is 2.84. The van der Waals surface area contributed by atoms with Gasteiger partial charge >= 0.3 is 0 Å². The topological polar surface area (TPSA) is 63.0 Å². The number of piperazine rings is 1. The Balaban J connectivity index is 1.35. The van der Waals surface area contributed by atoms with Gasteiger partial charge in [0.05, 0.1) is 11.6 Å². The van der Waals surface area contributed by atoms with Crippen LogP contribution >= 0.6 is 0 Å². The molecule has 0 saturated carbocycles. The summed E-state index contributed by atoms with van der Waals surface area (Å²) in [6, 6.07) is 14.4. The number of aromatic nitrogens is 5. The summed E-state index contributed by atoms with van der Waals surface area (Å²) in [6.07, 6.45) is 5.23. The molecule has 1 aliphatic heterocycles. The van der Waals surface area contributed by atoms with Gasteiger partial charge in [0, 0.05) is 38.9 Å². The van der Waals surface area contributed by atoms with Crippen molar-refractivity contribution >= 4 is 16.9 Å². The molecule has 146 valence electrons. The van der Waals surface area contributed by atoms with Gasteiger partial charge in [0.15, 0.2) is 11.5 Å². The van der Waals surface area contributed by atoms with Gasteiger partial charge in [0.1, 0.15) is 12.1 Å². The average Bonchev–Trinajstić information content (AvgIpc) is 3.21. The number of hydrogen-bond donors (Lipinski definition) is 0. The maximum Gasteiger partial charge on any atom is 0.170 e. The van der Waals surface area contributed by atoms with Crippen molar-refractivity contribution in [1.82, 2.24) is 29.6 Å². The van der Waals surface area contributed by atoms with Gasteiger partial charge in [-0.15, -0.1) is 0 Å². The first kappa shape index (κ1) is 17.8. The van der Waals surface area contributed by atoms with Gasteiger partial charge in [-0.3, -0.25) is 4.90 Å². The molecular formula is C22H23N7. The first-order valence-corrected chi connectivity index (χ1v) is 9.91. The molecule has 5 rings (SSSR count). The number of rotatable bonds is 4. The zero-order chi connectivity index (χ0) is 19.6. The highest BCUT2D eigenvalue weighted by Gasteiger charge is 2.22. The third-order valence-corrected chi connectivity index (χ3v) is 5.54. The van der Waals surface area contributed by atoms with Crippen molar-refractivity contribution in [3.05, 3.63) is 72.3 Å². The Bertz CT molecular complexity index is 1110. The molecule has 0 atom stereocenters. The fourth-order valence-corrected chi connectivity index (χ4v) is 3.88. The van der Waals surface area contributed by atoms with Crippen molar-refractivity contribution in [2.75, 3.05) is 31.1 Å². The standard InChI is InChI=1S/C22H23N7/c1-17-6-2-3-7-18(17)15-27-10-12-28(13-11-27)21-19-14-26-29(22(19)25-16-24-21)20-8-4-5-9-23-20/h2-9,14,16H,10-13,15H2,1H3. The molecule has 1 aromatic carbocycles. The molecule has 7 nitrogen and oxygen atoms in total. The highest BCUT2D eigenvalue weighted by molar-refractivity contribution is 5.87. The van der Waals surface area contributed by atoms with Crippen LogP contribution in [0.2, 0.25) is 0 Å². The lowest BCUT2D eigenvalue weighted by molar-refractivity contribution is 0.249. The second kappa shape index (κ2) is 7.60. The number of benzene rings is 1. The van der Waals surface area contributed by atoms with Crippen molar-refractivity contribution < 1.29 is 0 Å². The molecular weight excluding hydrogens is 362 g/mol.